The Kier molecular flexibility index (Phi) is 7.65. The minimum Gasteiger partial charge on any atom is -0.483 e. The van der Waals surface area contributed by atoms with E-state index in [0.29, 0.717) is 6.54 Å². The van der Waals surface area contributed by atoms with Gasteiger partial charge in [-0.25, -0.2) is 9.97 Å². The van der Waals surface area contributed by atoms with Gasteiger partial charge in [-0.15, -0.1) is 0 Å². The molecule has 25 heavy (non-hydrogen) atoms. The van der Waals surface area contributed by atoms with E-state index in [-0.39, 0.29) is 13.1 Å². The molecular weight excluding hydrogens is 320 g/mol. The monoisotopic (exact) mass is 344 g/mol. The summed E-state index contributed by atoms with van der Waals surface area (Å²) in [6.45, 7) is 2.66. The predicted molar refractivity (Wildman–Crippen MR) is 96.5 cm³/mol. The lowest BCUT2D eigenvalue weighted by atomic mass is 10.1. The third-order valence-corrected chi connectivity index (χ3v) is 3.98. The van der Waals surface area contributed by atoms with E-state index in [1.165, 1.54) is 19.3 Å². The Bertz CT molecular complexity index is 660. The maximum Gasteiger partial charge on any atom is 0.290 e. The number of hydrogen-bond acceptors (Lipinski definition) is 6. The molecule has 0 spiro atoms. The smallest absolute Gasteiger partial charge is 0.290 e. The molecule has 1 fully saturated rings. The number of hydrogen-bond donors (Lipinski definition) is 3. The lowest BCUT2D eigenvalue weighted by Gasteiger charge is -2.27. The Balaban J connectivity index is 0.000000701. The van der Waals surface area contributed by atoms with Crippen molar-refractivity contribution in [2.45, 2.75) is 32.4 Å². The first-order valence-electron chi connectivity index (χ1n) is 8.34. The molecular formula is C18H24N4O3. The van der Waals surface area contributed by atoms with Crippen LogP contribution in [0.4, 0.5) is 11.6 Å². The van der Waals surface area contributed by atoms with E-state index in [4.69, 9.17) is 9.90 Å². The van der Waals surface area contributed by atoms with Crippen LogP contribution in [0.3, 0.4) is 0 Å². The van der Waals surface area contributed by atoms with Crippen molar-refractivity contribution in [2.75, 3.05) is 23.3 Å². The number of aromatic nitrogens is 2. The van der Waals surface area contributed by atoms with Crippen LogP contribution in [0.5, 0.6) is 0 Å². The summed E-state index contributed by atoms with van der Waals surface area (Å²) < 4.78 is 0. The SMILES string of the molecule is O=CO.OCc1cccc(CNc2cc(N3CCCCC3)ncn2)c1. The molecule has 1 saturated heterocycles. The van der Waals surface area contributed by atoms with Crippen molar-refractivity contribution in [3.05, 3.63) is 47.8 Å². The highest BCUT2D eigenvalue weighted by Crippen LogP contribution is 2.19. The van der Waals surface area contributed by atoms with E-state index >= 15 is 0 Å². The minimum atomic E-state index is -0.250. The normalized spacial score (nSPS) is 13.6. The number of carbonyl (C=O) groups is 1. The van der Waals surface area contributed by atoms with Gasteiger partial charge in [0.2, 0.25) is 0 Å². The van der Waals surface area contributed by atoms with E-state index in [1.807, 2.05) is 30.3 Å². The molecule has 1 aliphatic heterocycles. The summed E-state index contributed by atoms with van der Waals surface area (Å²) in [5, 5.41) is 19.4. The minimum absolute atomic E-state index is 0.0699. The van der Waals surface area contributed by atoms with Gasteiger partial charge in [0.05, 0.1) is 6.61 Å². The fraction of sp³-hybridized carbons (Fsp3) is 0.389. The maximum atomic E-state index is 9.18. The number of rotatable bonds is 5. The van der Waals surface area contributed by atoms with Gasteiger partial charge in [-0.3, -0.25) is 4.79 Å². The van der Waals surface area contributed by atoms with Crippen LogP contribution in [0.1, 0.15) is 30.4 Å². The summed E-state index contributed by atoms with van der Waals surface area (Å²) in [5.74, 6) is 1.84. The zero-order valence-corrected chi connectivity index (χ0v) is 14.1. The van der Waals surface area contributed by atoms with Crippen molar-refractivity contribution < 1.29 is 15.0 Å². The Labute approximate surface area is 147 Å². The van der Waals surface area contributed by atoms with Crippen LogP contribution < -0.4 is 10.2 Å². The molecule has 3 rings (SSSR count). The van der Waals surface area contributed by atoms with Gasteiger partial charge in [-0.2, -0.15) is 0 Å². The highest BCUT2D eigenvalue weighted by molar-refractivity contribution is 5.49. The molecule has 1 aliphatic rings. The van der Waals surface area contributed by atoms with Crippen LogP contribution in [0.15, 0.2) is 36.7 Å². The molecule has 0 aliphatic carbocycles. The van der Waals surface area contributed by atoms with E-state index in [2.05, 4.69) is 20.2 Å². The summed E-state index contributed by atoms with van der Waals surface area (Å²) in [6, 6.07) is 9.93. The number of piperidine rings is 1. The highest BCUT2D eigenvalue weighted by Gasteiger charge is 2.12. The number of carboxylic acid groups (broad SMARTS) is 1. The summed E-state index contributed by atoms with van der Waals surface area (Å²) in [6.07, 6.45) is 5.41. The first-order valence-corrected chi connectivity index (χ1v) is 8.34. The van der Waals surface area contributed by atoms with Crippen molar-refractivity contribution >= 4 is 18.1 Å². The zero-order valence-electron chi connectivity index (χ0n) is 14.1. The average Bonchev–Trinajstić information content (AvgIpc) is 2.68. The maximum absolute atomic E-state index is 9.18. The van der Waals surface area contributed by atoms with Gasteiger partial charge in [-0.05, 0) is 30.4 Å². The van der Waals surface area contributed by atoms with E-state index in [1.54, 1.807) is 6.33 Å². The highest BCUT2D eigenvalue weighted by atomic mass is 16.3. The van der Waals surface area contributed by atoms with Crippen molar-refractivity contribution in [2.24, 2.45) is 0 Å². The molecule has 0 saturated carbocycles. The number of nitrogens with zero attached hydrogens (tertiary/aromatic N) is 3. The molecule has 0 amide bonds. The molecule has 7 heteroatoms. The van der Waals surface area contributed by atoms with Crippen LogP contribution >= 0.6 is 0 Å². The lowest BCUT2D eigenvalue weighted by molar-refractivity contribution is -0.122. The third-order valence-electron chi connectivity index (χ3n) is 3.98. The summed E-state index contributed by atoms with van der Waals surface area (Å²) >= 11 is 0. The summed E-state index contributed by atoms with van der Waals surface area (Å²) in [7, 11) is 0. The number of benzene rings is 1. The van der Waals surface area contributed by atoms with Crippen LogP contribution in [-0.4, -0.2) is 39.7 Å². The predicted octanol–water partition coefficient (Wildman–Crippen LogP) is 2.27. The standard InChI is InChI=1S/C17H22N4O.CH2O2/c22-12-15-6-4-5-14(9-15)11-18-16-10-17(20-13-19-16)21-7-2-1-3-8-21;2-1-3/h4-6,9-10,13,22H,1-3,7-8,11-12H2,(H,18,19,20);1H,(H,2,3). The first-order chi connectivity index (χ1) is 12.3. The first kappa shape index (κ1) is 18.7. The van der Waals surface area contributed by atoms with Gasteiger partial charge in [-0.1, -0.05) is 24.3 Å². The quantitative estimate of drug-likeness (QED) is 0.716. The van der Waals surface area contributed by atoms with Crippen LogP contribution in [0.25, 0.3) is 0 Å². The summed E-state index contributed by atoms with van der Waals surface area (Å²) in [4.78, 5) is 19.4. The van der Waals surface area contributed by atoms with Gasteiger partial charge in [0.1, 0.15) is 18.0 Å². The van der Waals surface area contributed by atoms with Gasteiger partial charge in [0.25, 0.3) is 6.47 Å². The molecule has 1 aromatic carbocycles. The van der Waals surface area contributed by atoms with Crippen LogP contribution in [0.2, 0.25) is 0 Å². The molecule has 0 unspecified atom stereocenters. The molecule has 3 N–H and O–H groups in total. The fourth-order valence-corrected chi connectivity index (χ4v) is 2.77. The second-order valence-electron chi connectivity index (χ2n) is 5.75. The molecule has 2 aromatic rings. The topological polar surface area (TPSA) is 98.6 Å². The molecule has 0 bridgehead atoms. The fourth-order valence-electron chi connectivity index (χ4n) is 2.77. The van der Waals surface area contributed by atoms with Gasteiger partial charge in [0.15, 0.2) is 0 Å². The molecule has 7 nitrogen and oxygen atoms in total. The van der Waals surface area contributed by atoms with E-state index < -0.39 is 0 Å². The Morgan fingerprint density at radius 2 is 1.84 bits per heavy atom. The van der Waals surface area contributed by atoms with Gasteiger partial charge >= 0.3 is 0 Å². The van der Waals surface area contributed by atoms with Crippen molar-refractivity contribution in [3.63, 3.8) is 0 Å². The van der Waals surface area contributed by atoms with Gasteiger partial charge in [0, 0.05) is 25.7 Å². The third kappa shape index (κ3) is 6.04. The average molecular weight is 344 g/mol. The van der Waals surface area contributed by atoms with Gasteiger partial charge < -0.3 is 20.4 Å². The Hall–Kier alpha value is -2.67. The Morgan fingerprint density at radius 1 is 1.12 bits per heavy atom. The number of nitrogens with one attached hydrogen (secondary N) is 1. The van der Waals surface area contributed by atoms with Crippen LogP contribution in [-0.2, 0) is 17.9 Å². The number of aliphatic hydroxyl groups excluding tert-OH is 1. The van der Waals surface area contributed by atoms with Crippen molar-refractivity contribution in [1.82, 2.24) is 9.97 Å². The Morgan fingerprint density at radius 3 is 2.56 bits per heavy atom. The lowest BCUT2D eigenvalue weighted by Crippen LogP contribution is -2.30. The number of anilines is 2. The molecule has 0 radical (unpaired) electrons. The van der Waals surface area contributed by atoms with E-state index in [0.717, 1.165) is 35.9 Å². The zero-order chi connectivity index (χ0) is 17.9. The number of aliphatic hydroxyl groups is 1. The molecule has 0 atom stereocenters. The van der Waals surface area contributed by atoms with Crippen molar-refractivity contribution in [3.8, 4) is 0 Å². The molecule has 134 valence electrons. The largest absolute Gasteiger partial charge is 0.483 e. The van der Waals surface area contributed by atoms with Crippen LogP contribution in [0, 0.1) is 0 Å². The van der Waals surface area contributed by atoms with Crippen molar-refractivity contribution in [1.29, 1.82) is 0 Å². The second kappa shape index (κ2) is 10.2. The van der Waals surface area contributed by atoms with E-state index in [9.17, 15) is 5.11 Å². The molecule has 2 heterocycles. The second-order valence-corrected chi connectivity index (χ2v) is 5.75. The molecule has 1 aromatic heterocycles. The summed E-state index contributed by atoms with van der Waals surface area (Å²) in [5.41, 5.74) is 2.06.